The summed E-state index contributed by atoms with van der Waals surface area (Å²) in [6.45, 7) is 1.19. The third-order valence-corrected chi connectivity index (χ3v) is 0.167. The molecule has 0 aliphatic carbocycles. The van der Waals surface area contributed by atoms with Gasteiger partial charge >= 0.3 is 21.1 Å². The Balaban J connectivity index is -0.0000000184. The second-order valence-corrected chi connectivity index (χ2v) is 1.02. The molecule has 0 amide bonds. The maximum Gasteiger partial charge on any atom is 2.00 e. The van der Waals surface area contributed by atoms with Crippen LogP contribution in [0.25, 0.3) is 0 Å². The quantitative estimate of drug-likeness (QED) is 0.324. The van der Waals surface area contributed by atoms with Crippen LogP contribution in [0.4, 0.5) is 0 Å². The molecule has 0 aromatic heterocycles. The molecular weight excluding hydrogens is 403 g/mol. The van der Waals surface area contributed by atoms with Gasteiger partial charge in [-0.05, 0) is 0 Å². The maximum absolute atomic E-state index is 8.25. The Kier molecular flexibility index (Phi) is 94.6. The zero-order chi connectivity index (χ0) is 10.6. The summed E-state index contributed by atoms with van der Waals surface area (Å²) in [4.78, 5) is 16.5. The van der Waals surface area contributed by atoms with Gasteiger partial charge < -0.3 is 53.1 Å². The largest absolute Gasteiger partial charge is 2.00 e. The number of nitrogens with two attached hydrogens (primary N) is 2. The van der Waals surface area contributed by atoms with E-state index in [1.165, 1.54) is 0 Å². The average molecular weight is 415 g/mol. The van der Waals surface area contributed by atoms with Gasteiger partial charge in [0.15, 0.2) is 0 Å². The Bertz CT molecular complexity index is 101. The fourth-order valence-corrected chi connectivity index (χ4v) is 0. The van der Waals surface area contributed by atoms with Gasteiger partial charge in [0.25, 0.3) is 0 Å². The molecular formula is C2H12N4O8Pt. The van der Waals surface area contributed by atoms with Crippen LogP contribution in [-0.4, -0.2) is 34.2 Å². The monoisotopic (exact) mass is 415 g/mol. The van der Waals surface area contributed by atoms with Crippen LogP contribution in [0.2, 0.25) is 0 Å². The summed E-state index contributed by atoms with van der Waals surface area (Å²) in [6, 6.07) is 0. The molecule has 0 spiro atoms. The van der Waals surface area contributed by atoms with Crippen molar-refractivity contribution in [2.75, 3.05) is 13.1 Å². The molecule has 0 atom stereocenters. The smallest absolute Gasteiger partial charge is 0.412 e. The first-order valence-electron chi connectivity index (χ1n) is 2.41. The van der Waals surface area contributed by atoms with Gasteiger partial charge in [0, 0.05) is 13.1 Å². The molecule has 0 bridgehead atoms. The van der Waals surface area contributed by atoms with Crippen molar-refractivity contribution in [3.05, 3.63) is 30.6 Å². The van der Waals surface area contributed by atoms with Gasteiger partial charge in [-0.15, -0.1) is 0 Å². The fraction of sp³-hybridized carbons (Fsp3) is 1.00. The van der Waals surface area contributed by atoms with E-state index in [0.717, 1.165) is 0 Å². The molecule has 98 valence electrons. The van der Waals surface area contributed by atoms with E-state index in [1.807, 2.05) is 0 Å². The Labute approximate surface area is 97.9 Å². The van der Waals surface area contributed by atoms with Gasteiger partial charge in [0.05, 0.1) is 10.2 Å². The molecule has 0 saturated carbocycles. The average Bonchev–Trinajstić information content (AvgIpc) is 1.85. The van der Waals surface area contributed by atoms with Gasteiger partial charge in [-0.25, -0.2) is 0 Å². The summed E-state index contributed by atoms with van der Waals surface area (Å²) >= 11 is 0. The summed E-state index contributed by atoms with van der Waals surface area (Å²) in [7, 11) is 0. The Hall–Kier alpha value is -1.07. The molecule has 0 heterocycles. The molecule has 0 aliphatic rings. The SMILES string of the molecule is NCCN.O.O.O=[N+]([O-])[O-].O=[N+]([O-])[O-].[Pt+2]. The number of hydrogen-bond donors (Lipinski definition) is 2. The minimum absolute atomic E-state index is 0. The topological polar surface area (TPSA) is 247 Å². The third kappa shape index (κ3) is 300000. The van der Waals surface area contributed by atoms with Crippen molar-refractivity contribution in [3.8, 4) is 0 Å². The summed E-state index contributed by atoms with van der Waals surface area (Å²) in [6.07, 6.45) is 0. The number of nitrogens with zero attached hydrogens (tertiary/aromatic N) is 2. The van der Waals surface area contributed by atoms with Gasteiger partial charge in [0.2, 0.25) is 0 Å². The van der Waals surface area contributed by atoms with E-state index in [4.69, 9.17) is 42.1 Å². The fourth-order valence-electron chi connectivity index (χ4n) is 0. The van der Waals surface area contributed by atoms with Gasteiger partial charge in [-0.3, -0.25) is 0 Å². The van der Waals surface area contributed by atoms with Crippen LogP contribution in [0.5, 0.6) is 0 Å². The van der Waals surface area contributed by atoms with Gasteiger partial charge in [0.1, 0.15) is 0 Å². The number of rotatable bonds is 1. The molecule has 0 fully saturated rings. The van der Waals surface area contributed by atoms with Crippen molar-refractivity contribution in [3.63, 3.8) is 0 Å². The maximum atomic E-state index is 8.25. The van der Waals surface area contributed by atoms with Gasteiger partial charge in [-0.2, -0.15) is 0 Å². The Morgan fingerprint density at radius 1 is 0.800 bits per heavy atom. The van der Waals surface area contributed by atoms with E-state index in [-0.39, 0.29) is 32.0 Å². The zero-order valence-corrected chi connectivity index (χ0v) is 9.50. The van der Waals surface area contributed by atoms with Crippen molar-refractivity contribution in [1.29, 1.82) is 0 Å². The van der Waals surface area contributed by atoms with E-state index in [1.54, 1.807) is 0 Å². The van der Waals surface area contributed by atoms with Crippen LogP contribution in [0, 0.1) is 30.6 Å². The van der Waals surface area contributed by atoms with E-state index in [9.17, 15) is 0 Å². The molecule has 0 aromatic rings. The minimum Gasteiger partial charge on any atom is -0.412 e. The normalized spacial score (nSPS) is 5.20. The molecule has 8 N–H and O–H groups in total. The predicted molar refractivity (Wildman–Crippen MR) is 46.1 cm³/mol. The standard InChI is InChI=1S/C2H8N2.2NO3.2H2O.Pt/c3-1-2-4;2*2-1(3)4;;;/h1-4H2;;;2*1H2;/q;2*-1;;;+2. The van der Waals surface area contributed by atoms with Crippen LogP contribution >= 0.6 is 0 Å². The molecule has 15 heavy (non-hydrogen) atoms. The van der Waals surface area contributed by atoms with Crippen molar-refractivity contribution < 1.29 is 42.2 Å². The molecule has 0 aliphatic heterocycles. The van der Waals surface area contributed by atoms with Crippen LogP contribution in [-0.2, 0) is 21.1 Å². The summed E-state index contributed by atoms with van der Waals surface area (Å²) in [5.74, 6) is 0. The van der Waals surface area contributed by atoms with Crippen molar-refractivity contribution in [2.45, 2.75) is 0 Å². The van der Waals surface area contributed by atoms with Crippen molar-refractivity contribution in [2.24, 2.45) is 11.5 Å². The summed E-state index contributed by atoms with van der Waals surface area (Å²) < 4.78 is 0. The van der Waals surface area contributed by atoms with Crippen LogP contribution in [0.1, 0.15) is 0 Å². The summed E-state index contributed by atoms with van der Waals surface area (Å²) in [5, 5.41) is 29.5. The van der Waals surface area contributed by atoms with Crippen LogP contribution < -0.4 is 11.5 Å². The summed E-state index contributed by atoms with van der Waals surface area (Å²) in [5.41, 5.74) is 9.81. The van der Waals surface area contributed by atoms with E-state index in [0.29, 0.717) is 13.1 Å². The minimum atomic E-state index is -1.75. The molecule has 0 saturated heterocycles. The van der Waals surface area contributed by atoms with Crippen molar-refractivity contribution in [1.82, 2.24) is 0 Å². The molecule has 12 nitrogen and oxygen atoms in total. The Morgan fingerprint density at radius 3 is 0.867 bits per heavy atom. The van der Waals surface area contributed by atoms with E-state index >= 15 is 0 Å². The molecule has 0 radical (unpaired) electrons. The van der Waals surface area contributed by atoms with E-state index < -0.39 is 10.2 Å². The van der Waals surface area contributed by atoms with Gasteiger partial charge in [-0.1, -0.05) is 0 Å². The molecule has 0 rings (SSSR count). The van der Waals surface area contributed by atoms with Crippen molar-refractivity contribution >= 4 is 0 Å². The predicted octanol–water partition coefficient (Wildman–Crippen LogP) is -3.23. The Morgan fingerprint density at radius 2 is 0.867 bits per heavy atom. The number of hydrogen-bond acceptors (Lipinski definition) is 8. The molecule has 0 aromatic carbocycles. The molecule has 0 unspecified atom stereocenters. The first kappa shape index (κ1) is 37.0. The van der Waals surface area contributed by atoms with Crippen LogP contribution in [0.15, 0.2) is 0 Å². The zero-order valence-electron chi connectivity index (χ0n) is 7.23. The second-order valence-electron chi connectivity index (χ2n) is 1.02. The van der Waals surface area contributed by atoms with E-state index in [2.05, 4.69) is 0 Å². The third-order valence-electron chi connectivity index (χ3n) is 0.167. The molecule has 13 heteroatoms. The first-order chi connectivity index (χ1) is 5.38. The second kappa shape index (κ2) is 38.3. The first-order valence-corrected chi connectivity index (χ1v) is 2.41. The van der Waals surface area contributed by atoms with Crippen LogP contribution in [0.3, 0.4) is 0 Å².